The molecule has 0 bridgehead atoms. The van der Waals surface area contributed by atoms with Gasteiger partial charge in [0.05, 0.1) is 18.1 Å². The highest BCUT2D eigenvalue weighted by Gasteiger charge is 2.22. The normalized spacial score (nSPS) is 11.8. The monoisotopic (exact) mass is 717 g/mol. The van der Waals surface area contributed by atoms with Crippen LogP contribution in [0.15, 0.2) is 199 Å². The van der Waals surface area contributed by atoms with Crippen LogP contribution in [0.25, 0.3) is 106 Å². The summed E-state index contributed by atoms with van der Waals surface area (Å²) in [6.45, 7) is 0. The van der Waals surface area contributed by atoms with E-state index in [1.54, 1.807) is 0 Å². The number of para-hydroxylation sites is 3. The number of furan rings is 1. The fraction of sp³-hybridized carbons (Fsp3) is 0. The summed E-state index contributed by atoms with van der Waals surface area (Å²) in [5.74, 6) is 1.74. The van der Waals surface area contributed by atoms with Crippen LogP contribution in [0.5, 0.6) is 0 Å². The predicted octanol–water partition coefficient (Wildman–Crippen LogP) is 13.2. The number of fused-ring (bicyclic) bond motifs is 6. The smallest absolute Gasteiger partial charge is 0.166 e. The molecule has 0 aliphatic heterocycles. The minimum absolute atomic E-state index is 0.453. The van der Waals surface area contributed by atoms with Crippen molar-refractivity contribution < 1.29 is 5.79 Å². The minimum atomic E-state index is 0.453. The molecule has 0 aliphatic rings. The molecule has 8 aromatic carbocycles. The van der Waals surface area contributed by atoms with Crippen molar-refractivity contribution >= 4 is 43.7 Å². The Morgan fingerprint density at radius 3 is 1.77 bits per heavy atom. The summed E-state index contributed by atoms with van der Waals surface area (Å²) >= 11 is 0. The second kappa shape index (κ2) is 13.0. The minimum Gasteiger partial charge on any atom is -0.455 e. The van der Waals surface area contributed by atoms with Crippen molar-refractivity contribution in [3.63, 3.8) is 0 Å². The molecule has 56 heavy (non-hydrogen) atoms. The standard InChI is InChI=1S/C51H32N4O/c1-4-15-33(16-5-1)36-28-30-45-43(31-36)39-21-10-12-25-44(39)55(45)46-32-37(38-23-14-24-41-40-22-11-13-26-47(40)56-48(38)41)27-29-42(46)51-53-49(34-17-6-2-7-18-34)52-50(54-51)35-19-8-3-9-20-35/h1-32H/i10D. The van der Waals surface area contributed by atoms with Gasteiger partial charge in [0.1, 0.15) is 11.2 Å². The van der Waals surface area contributed by atoms with Crippen molar-refractivity contribution in [1.82, 2.24) is 19.5 Å². The summed E-state index contributed by atoms with van der Waals surface area (Å²) in [5, 5.41) is 4.21. The van der Waals surface area contributed by atoms with Crippen LogP contribution >= 0.6 is 0 Å². The average molecular weight is 718 g/mol. The van der Waals surface area contributed by atoms with E-state index < -0.39 is 0 Å². The molecule has 5 heteroatoms. The van der Waals surface area contributed by atoms with Gasteiger partial charge in [-0.3, -0.25) is 0 Å². The van der Waals surface area contributed by atoms with Crippen LogP contribution in [0.2, 0.25) is 0 Å². The van der Waals surface area contributed by atoms with Crippen LogP contribution in [0.3, 0.4) is 0 Å². The molecule has 262 valence electrons. The van der Waals surface area contributed by atoms with Gasteiger partial charge in [0.15, 0.2) is 17.5 Å². The first-order valence-corrected chi connectivity index (χ1v) is 18.7. The van der Waals surface area contributed by atoms with Crippen LogP contribution in [-0.2, 0) is 0 Å². The molecule has 0 radical (unpaired) electrons. The first kappa shape index (κ1) is 30.8. The van der Waals surface area contributed by atoms with Gasteiger partial charge in [-0.2, -0.15) is 0 Å². The van der Waals surface area contributed by atoms with Gasteiger partial charge >= 0.3 is 0 Å². The van der Waals surface area contributed by atoms with Gasteiger partial charge in [-0.25, -0.2) is 15.0 Å². The Morgan fingerprint density at radius 1 is 0.393 bits per heavy atom. The molecule has 0 aliphatic carbocycles. The third kappa shape index (κ3) is 5.29. The van der Waals surface area contributed by atoms with E-state index in [0.717, 1.165) is 88.4 Å². The zero-order valence-corrected chi connectivity index (χ0v) is 30.1. The highest BCUT2D eigenvalue weighted by Crippen LogP contribution is 2.42. The summed E-state index contributed by atoms with van der Waals surface area (Å²) in [4.78, 5) is 15.4. The van der Waals surface area contributed by atoms with Gasteiger partial charge in [0.2, 0.25) is 0 Å². The molecule has 0 N–H and O–H groups in total. The van der Waals surface area contributed by atoms with E-state index >= 15 is 0 Å². The first-order valence-electron chi connectivity index (χ1n) is 19.2. The largest absolute Gasteiger partial charge is 0.455 e. The number of hydrogen-bond acceptors (Lipinski definition) is 4. The molecule has 3 heterocycles. The molecule has 3 aromatic heterocycles. The zero-order valence-electron chi connectivity index (χ0n) is 31.1. The van der Waals surface area contributed by atoms with Gasteiger partial charge in [0.25, 0.3) is 0 Å². The molecule has 0 saturated heterocycles. The second-order valence-corrected chi connectivity index (χ2v) is 13.9. The van der Waals surface area contributed by atoms with Crippen LogP contribution in [0.1, 0.15) is 1.37 Å². The van der Waals surface area contributed by atoms with Gasteiger partial charge in [-0.1, -0.05) is 158 Å². The van der Waals surface area contributed by atoms with E-state index in [-0.39, 0.29) is 0 Å². The Bertz CT molecular complexity index is 3240. The van der Waals surface area contributed by atoms with Gasteiger partial charge < -0.3 is 8.98 Å². The average Bonchev–Trinajstić information content (AvgIpc) is 3.82. The molecule has 0 unspecified atom stereocenters. The van der Waals surface area contributed by atoms with E-state index in [2.05, 4.69) is 95.6 Å². The fourth-order valence-electron chi connectivity index (χ4n) is 7.96. The fourth-order valence-corrected chi connectivity index (χ4v) is 7.96. The third-order valence-corrected chi connectivity index (χ3v) is 10.6. The van der Waals surface area contributed by atoms with E-state index in [1.165, 1.54) is 0 Å². The summed E-state index contributed by atoms with van der Waals surface area (Å²) in [6.07, 6.45) is 0. The van der Waals surface area contributed by atoms with Crippen LogP contribution in [0, 0.1) is 0 Å². The molecule has 11 rings (SSSR count). The molecule has 0 fully saturated rings. The van der Waals surface area contributed by atoms with Crippen molar-refractivity contribution in [3.8, 4) is 62.1 Å². The van der Waals surface area contributed by atoms with Crippen molar-refractivity contribution in [2.75, 3.05) is 0 Å². The lowest BCUT2D eigenvalue weighted by atomic mass is 9.99. The molecule has 0 atom stereocenters. The summed E-state index contributed by atoms with van der Waals surface area (Å²) in [7, 11) is 0. The maximum atomic E-state index is 8.69. The molecular formula is C51H32N4O. The van der Waals surface area contributed by atoms with Gasteiger partial charge in [0, 0.05) is 43.8 Å². The van der Waals surface area contributed by atoms with Crippen LogP contribution < -0.4 is 0 Å². The Balaban J connectivity index is 1.22. The molecule has 11 aromatic rings. The van der Waals surface area contributed by atoms with Gasteiger partial charge in [-0.15, -0.1) is 0 Å². The van der Waals surface area contributed by atoms with Crippen molar-refractivity contribution in [2.45, 2.75) is 0 Å². The van der Waals surface area contributed by atoms with Crippen LogP contribution in [0.4, 0.5) is 0 Å². The van der Waals surface area contributed by atoms with Crippen molar-refractivity contribution in [2.24, 2.45) is 0 Å². The van der Waals surface area contributed by atoms with Crippen molar-refractivity contribution in [3.05, 3.63) is 194 Å². The molecule has 0 amide bonds. The van der Waals surface area contributed by atoms with E-state index in [1.807, 2.05) is 97.1 Å². The summed E-state index contributed by atoms with van der Waals surface area (Å²) in [6, 6.07) is 64.5. The molecule has 0 spiro atoms. The van der Waals surface area contributed by atoms with E-state index in [9.17, 15) is 0 Å². The van der Waals surface area contributed by atoms with E-state index in [4.69, 9.17) is 20.7 Å². The summed E-state index contributed by atoms with van der Waals surface area (Å²) < 4.78 is 17.6. The molecule has 5 nitrogen and oxygen atoms in total. The quantitative estimate of drug-likeness (QED) is 0.172. The maximum absolute atomic E-state index is 8.69. The number of rotatable bonds is 6. The van der Waals surface area contributed by atoms with E-state index in [0.29, 0.717) is 23.5 Å². The number of benzene rings is 8. The Hall–Kier alpha value is -7.63. The first-order chi connectivity index (χ1) is 28.2. The number of nitrogens with zero attached hydrogens (tertiary/aromatic N) is 4. The lowest BCUT2D eigenvalue weighted by Gasteiger charge is -2.16. The molecule has 0 saturated carbocycles. The number of aromatic nitrogens is 4. The highest BCUT2D eigenvalue weighted by molar-refractivity contribution is 6.12. The Kier molecular flexibility index (Phi) is 7.17. The highest BCUT2D eigenvalue weighted by atomic mass is 16.3. The Labute approximate surface area is 324 Å². The summed E-state index contributed by atoms with van der Waals surface area (Å²) in [5.41, 5.74) is 11.5. The van der Waals surface area contributed by atoms with Gasteiger partial charge in [-0.05, 0) is 53.1 Å². The maximum Gasteiger partial charge on any atom is 0.166 e. The lowest BCUT2D eigenvalue weighted by Crippen LogP contribution is -2.04. The van der Waals surface area contributed by atoms with Crippen molar-refractivity contribution in [1.29, 1.82) is 0 Å². The topological polar surface area (TPSA) is 56.7 Å². The molecular weight excluding hydrogens is 685 g/mol. The van der Waals surface area contributed by atoms with Crippen LogP contribution in [-0.4, -0.2) is 19.5 Å². The number of hydrogen-bond donors (Lipinski definition) is 0. The third-order valence-electron chi connectivity index (χ3n) is 10.6. The second-order valence-electron chi connectivity index (χ2n) is 13.9. The Morgan fingerprint density at radius 2 is 1.02 bits per heavy atom. The lowest BCUT2D eigenvalue weighted by molar-refractivity contribution is 0.670. The predicted molar refractivity (Wildman–Crippen MR) is 229 cm³/mol. The SMILES string of the molecule is [2H]c1ccc2c(c1)c1cc(-c3ccccc3)ccc1n2-c1cc(-c2cccc3c2oc2ccccc23)ccc1-c1nc(-c2ccccc2)nc(-c2ccccc2)n1. The zero-order chi connectivity index (χ0) is 37.9.